The van der Waals surface area contributed by atoms with Crippen LogP contribution in [0, 0.1) is 0 Å². The summed E-state index contributed by atoms with van der Waals surface area (Å²) < 4.78 is 1.36. The van der Waals surface area contributed by atoms with Gasteiger partial charge in [-0.25, -0.2) is 0 Å². The highest BCUT2D eigenvalue weighted by Gasteiger charge is 2.24. The van der Waals surface area contributed by atoms with E-state index in [1.807, 2.05) is 11.0 Å². The summed E-state index contributed by atoms with van der Waals surface area (Å²) in [6, 6.07) is 3.25. The molecule has 1 aliphatic rings. The van der Waals surface area contributed by atoms with Crippen LogP contribution >= 0.6 is 0 Å². The molecule has 0 radical (unpaired) electrons. The van der Waals surface area contributed by atoms with E-state index in [1.54, 1.807) is 6.07 Å². The number of hydrogen-bond acceptors (Lipinski definition) is 7. The van der Waals surface area contributed by atoms with Crippen LogP contribution in [0.5, 0.6) is 0 Å². The molecule has 1 unspecified atom stereocenters. The van der Waals surface area contributed by atoms with Gasteiger partial charge in [0.25, 0.3) is 0 Å². The van der Waals surface area contributed by atoms with E-state index in [-0.39, 0.29) is 11.9 Å². The lowest BCUT2D eigenvalue weighted by Gasteiger charge is -2.32. The number of aromatic nitrogens is 5. The number of nitrogens with zero attached hydrogens (tertiary/aromatic N) is 6. The highest BCUT2D eigenvalue weighted by Crippen LogP contribution is 2.12. The van der Waals surface area contributed by atoms with Crippen LogP contribution in [0.4, 0.5) is 5.82 Å². The molecule has 18 heavy (non-hydrogen) atoms. The Kier molecular flexibility index (Phi) is 2.52. The van der Waals surface area contributed by atoms with E-state index < -0.39 is 0 Å². The van der Waals surface area contributed by atoms with Crippen molar-refractivity contribution in [1.82, 2.24) is 30.6 Å². The zero-order chi connectivity index (χ0) is 12.5. The molecule has 94 valence electrons. The van der Waals surface area contributed by atoms with Crippen LogP contribution in [0.1, 0.15) is 0 Å². The van der Waals surface area contributed by atoms with E-state index in [4.69, 9.17) is 5.73 Å². The van der Waals surface area contributed by atoms with Gasteiger partial charge in [-0.05, 0) is 22.6 Å². The Morgan fingerprint density at radius 1 is 1.50 bits per heavy atom. The van der Waals surface area contributed by atoms with Gasteiger partial charge >= 0.3 is 0 Å². The van der Waals surface area contributed by atoms with Crippen LogP contribution in [-0.2, 0) is 4.79 Å². The standard InChI is InChI=1S/C9H12N8O/c10-9(18)6-5-16(4-3-11-6)8-2-1-7-12-14-15-17(7)13-8/h1-2,6,11H,3-5H2,(H2,10,18). The third-order valence-electron chi connectivity index (χ3n) is 2.90. The molecule has 9 nitrogen and oxygen atoms in total. The lowest BCUT2D eigenvalue weighted by molar-refractivity contribution is -0.120. The number of hydrogen-bond donors (Lipinski definition) is 2. The van der Waals surface area contributed by atoms with Crippen molar-refractivity contribution in [2.45, 2.75) is 6.04 Å². The molecule has 3 rings (SSSR count). The number of amides is 1. The molecule has 3 heterocycles. The fourth-order valence-corrected chi connectivity index (χ4v) is 1.96. The molecule has 1 amide bonds. The normalized spacial score (nSPS) is 20.2. The van der Waals surface area contributed by atoms with Crippen LogP contribution in [0.25, 0.3) is 5.65 Å². The Balaban J connectivity index is 1.86. The number of anilines is 1. The maximum Gasteiger partial charge on any atom is 0.236 e. The lowest BCUT2D eigenvalue weighted by atomic mass is 10.2. The summed E-state index contributed by atoms with van der Waals surface area (Å²) in [7, 11) is 0. The van der Waals surface area contributed by atoms with Gasteiger partial charge < -0.3 is 16.0 Å². The molecule has 0 bridgehead atoms. The summed E-state index contributed by atoms with van der Waals surface area (Å²) in [5.74, 6) is 0.366. The van der Waals surface area contributed by atoms with E-state index >= 15 is 0 Å². The van der Waals surface area contributed by atoms with Crippen LogP contribution in [0.3, 0.4) is 0 Å². The minimum atomic E-state index is -0.358. The molecule has 1 fully saturated rings. The SMILES string of the molecule is NC(=O)C1CN(c2ccc3nnnn3n2)CCN1. The predicted molar refractivity (Wildman–Crippen MR) is 61.8 cm³/mol. The molecule has 0 spiro atoms. The van der Waals surface area contributed by atoms with Gasteiger partial charge in [0, 0.05) is 19.6 Å². The number of rotatable bonds is 2. The number of fused-ring (bicyclic) bond motifs is 1. The van der Waals surface area contributed by atoms with Crippen molar-refractivity contribution in [2.75, 3.05) is 24.5 Å². The van der Waals surface area contributed by atoms with Crippen LogP contribution in [-0.4, -0.2) is 56.8 Å². The van der Waals surface area contributed by atoms with Gasteiger partial charge in [-0.3, -0.25) is 4.79 Å². The van der Waals surface area contributed by atoms with Gasteiger partial charge in [-0.2, -0.15) is 0 Å². The monoisotopic (exact) mass is 248 g/mol. The van der Waals surface area contributed by atoms with Crippen molar-refractivity contribution in [3.05, 3.63) is 12.1 Å². The first-order valence-corrected chi connectivity index (χ1v) is 5.57. The molecule has 2 aromatic heterocycles. The number of nitrogens with one attached hydrogen (secondary N) is 1. The Labute approximate surface area is 102 Å². The molecular formula is C9H12N8O. The second kappa shape index (κ2) is 4.18. The van der Waals surface area contributed by atoms with E-state index in [0.29, 0.717) is 18.7 Å². The Morgan fingerprint density at radius 3 is 3.22 bits per heavy atom. The van der Waals surface area contributed by atoms with Gasteiger partial charge in [0.15, 0.2) is 11.5 Å². The Hall–Kier alpha value is -2.29. The van der Waals surface area contributed by atoms with E-state index in [2.05, 4.69) is 25.9 Å². The lowest BCUT2D eigenvalue weighted by Crippen LogP contribution is -2.56. The molecule has 9 heteroatoms. The number of piperazine rings is 1. The van der Waals surface area contributed by atoms with Gasteiger partial charge in [0.2, 0.25) is 5.91 Å². The van der Waals surface area contributed by atoms with Crippen LogP contribution < -0.4 is 16.0 Å². The summed E-state index contributed by atoms with van der Waals surface area (Å²) >= 11 is 0. The molecule has 0 aromatic carbocycles. The Morgan fingerprint density at radius 2 is 2.39 bits per heavy atom. The number of primary amides is 1. The second-order valence-electron chi connectivity index (χ2n) is 4.07. The van der Waals surface area contributed by atoms with Crippen molar-refractivity contribution >= 4 is 17.4 Å². The molecule has 2 aromatic rings. The second-order valence-corrected chi connectivity index (χ2v) is 4.07. The minimum Gasteiger partial charge on any atom is -0.368 e. The maximum atomic E-state index is 11.2. The third kappa shape index (κ3) is 1.84. The van der Waals surface area contributed by atoms with Gasteiger partial charge in [-0.15, -0.1) is 14.8 Å². The molecule has 3 N–H and O–H groups in total. The van der Waals surface area contributed by atoms with Gasteiger partial charge in [0.1, 0.15) is 6.04 Å². The van der Waals surface area contributed by atoms with Gasteiger partial charge in [0.05, 0.1) is 0 Å². The predicted octanol–water partition coefficient (Wildman–Crippen LogP) is -2.22. The average Bonchev–Trinajstić information content (AvgIpc) is 2.86. The van der Waals surface area contributed by atoms with E-state index in [1.165, 1.54) is 4.63 Å². The summed E-state index contributed by atoms with van der Waals surface area (Å²) in [6.07, 6.45) is 0. The average molecular weight is 248 g/mol. The molecule has 0 saturated carbocycles. The fraction of sp³-hybridized carbons (Fsp3) is 0.444. The number of carbonyl (C=O) groups is 1. The van der Waals surface area contributed by atoms with Crippen molar-refractivity contribution in [1.29, 1.82) is 0 Å². The van der Waals surface area contributed by atoms with E-state index in [9.17, 15) is 4.79 Å². The molecule has 0 aliphatic carbocycles. The quantitative estimate of drug-likeness (QED) is 0.618. The largest absolute Gasteiger partial charge is 0.368 e. The summed E-state index contributed by atoms with van der Waals surface area (Å²) in [4.78, 5) is 13.2. The van der Waals surface area contributed by atoms with Crippen molar-refractivity contribution in [2.24, 2.45) is 5.73 Å². The summed E-state index contributed by atoms with van der Waals surface area (Å²) in [5, 5.41) is 18.4. The van der Waals surface area contributed by atoms with Crippen molar-refractivity contribution in [3.8, 4) is 0 Å². The highest BCUT2D eigenvalue weighted by atomic mass is 16.1. The first-order chi connectivity index (χ1) is 8.74. The molecular weight excluding hydrogens is 236 g/mol. The third-order valence-corrected chi connectivity index (χ3v) is 2.90. The highest BCUT2D eigenvalue weighted by molar-refractivity contribution is 5.80. The van der Waals surface area contributed by atoms with Gasteiger partial charge in [-0.1, -0.05) is 0 Å². The summed E-state index contributed by atoms with van der Waals surface area (Å²) in [6.45, 7) is 1.93. The topological polar surface area (TPSA) is 114 Å². The molecule has 1 aliphatic heterocycles. The first kappa shape index (κ1) is 10.8. The Bertz CT molecular complexity index is 581. The zero-order valence-electron chi connectivity index (χ0n) is 9.52. The number of tetrazole rings is 1. The fourth-order valence-electron chi connectivity index (χ4n) is 1.96. The van der Waals surface area contributed by atoms with Crippen LogP contribution in [0.15, 0.2) is 12.1 Å². The minimum absolute atomic E-state index is 0.356. The zero-order valence-corrected chi connectivity index (χ0v) is 9.52. The maximum absolute atomic E-state index is 11.2. The first-order valence-electron chi connectivity index (χ1n) is 5.57. The van der Waals surface area contributed by atoms with Crippen molar-refractivity contribution < 1.29 is 4.79 Å². The van der Waals surface area contributed by atoms with Crippen LogP contribution in [0.2, 0.25) is 0 Å². The number of carbonyl (C=O) groups excluding carboxylic acids is 1. The van der Waals surface area contributed by atoms with E-state index in [0.717, 1.165) is 12.4 Å². The number of nitrogens with two attached hydrogens (primary N) is 1. The van der Waals surface area contributed by atoms with Crippen molar-refractivity contribution in [3.63, 3.8) is 0 Å². The smallest absolute Gasteiger partial charge is 0.236 e. The summed E-state index contributed by atoms with van der Waals surface area (Å²) in [5.41, 5.74) is 5.88. The molecule has 1 saturated heterocycles. The molecule has 1 atom stereocenters.